The lowest BCUT2D eigenvalue weighted by Gasteiger charge is -2.46. The molecule has 222 valence electrons. The van der Waals surface area contributed by atoms with E-state index in [1.165, 1.54) is 28.5 Å². The smallest absolute Gasteiger partial charge is 0.251 e. The number of nitrogens with one attached hydrogen (secondary N) is 1. The highest BCUT2D eigenvalue weighted by atomic mass is 32.2. The van der Waals surface area contributed by atoms with Gasteiger partial charge in [-0.25, -0.2) is 0 Å². The highest BCUT2D eigenvalue weighted by molar-refractivity contribution is 8.17. The second-order valence-electron chi connectivity index (χ2n) is 12.1. The zero-order valence-electron chi connectivity index (χ0n) is 25.3. The average molecular weight is 589 g/mol. The average Bonchev–Trinajstić information content (AvgIpc) is 3.32. The molecule has 0 aliphatic carbocycles. The van der Waals surface area contributed by atoms with Gasteiger partial charge in [0.1, 0.15) is 17.1 Å². The molecular weight excluding hydrogens is 548 g/mol. The van der Waals surface area contributed by atoms with Crippen molar-refractivity contribution in [1.29, 1.82) is 0 Å². The predicted molar refractivity (Wildman–Crippen MR) is 167 cm³/mol. The van der Waals surface area contributed by atoms with Gasteiger partial charge in [-0.15, -0.1) is 0 Å². The largest absolute Gasteiger partial charge is 0.347 e. The molecule has 0 aromatic heterocycles. The summed E-state index contributed by atoms with van der Waals surface area (Å²) in [6.45, 7) is 13.3. The predicted octanol–water partition coefficient (Wildman–Crippen LogP) is 5.08. The van der Waals surface area contributed by atoms with E-state index in [4.69, 9.17) is 0 Å². The Hall–Kier alpha value is -3.72. The lowest BCUT2D eigenvalue weighted by Crippen LogP contribution is -2.61. The minimum absolute atomic E-state index is 0.183. The summed E-state index contributed by atoms with van der Waals surface area (Å²) in [4.78, 5) is 63.2. The molecule has 2 heterocycles. The van der Waals surface area contributed by atoms with Gasteiger partial charge in [-0.3, -0.25) is 29.1 Å². The van der Waals surface area contributed by atoms with Gasteiger partial charge < -0.3 is 10.2 Å². The van der Waals surface area contributed by atoms with Gasteiger partial charge in [-0.05, 0) is 30.9 Å². The van der Waals surface area contributed by atoms with Crippen LogP contribution in [-0.2, 0) is 19.2 Å². The molecule has 2 aliphatic heterocycles. The van der Waals surface area contributed by atoms with Crippen LogP contribution >= 0.6 is 11.8 Å². The summed E-state index contributed by atoms with van der Waals surface area (Å²) < 4.78 is -0.281. The summed E-state index contributed by atoms with van der Waals surface area (Å²) in [6, 6.07) is 15.6. The van der Waals surface area contributed by atoms with Gasteiger partial charge >= 0.3 is 0 Å². The van der Waals surface area contributed by atoms with E-state index in [2.05, 4.69) is 10.3 Å². The molecule has 0 fully saturated rings. The summed E-state index contributed by atoms with van der Waals surface area (Å²) >= 11 is 1.38. The number of rotatable bonds is 9. The first kappa shape index (κ1) is 31.2. The standard InChI is InChI=1S/C33H40N4O4S/c1-20(2)27-32(41)37(25(23-14-10-8-11-15-23)18-36(27)31(40)21(3)4)28(29(39)30-34-19-33(6,7)42-30)26(35-22(5)38)24-16-12-9-13-17-24/h8-18,20-21,26-28H,19H2,1-7H3,(H,35,38)/t26?,27-,28+/m1/s1. The molecule has 0 saturated heterocycles. The van der Waals surface area contributed by atoms with E-state index in [1.807, 2.05) is 88.4 Å². The van der Waals surface area contributed by atoms with Gasteiger partial charge in [0.05, 0.1) is 18.3 Å². The molecule has 2 aliphatic rings. The number of hydrogen-bond acceptors (Lipinski definition) is 6. The summed E-state index contributed by atoms with van der Waals surface area (Å²) in [5.74, 6) is -1.85. The van der Waals surface area contributed by atoms with Gasteiger partial charge in [0.25, 0.3) is 5.91 Å². The van der Waals surface area contributed by atoms with Crippen LogP contribution < -0.4 is 5.32 Å². The SMILES string of the molecule is CC(=O)NC(c1ccccc1)[C@@H](C(=O)C1=NCC(C)(C)S1)N1C(=O)[C@@H](C(C)C)N(C(=O)C(C)C)C=C1c1ccccc1. The fraction of sp³-hybridized carbons (Fsp3) is 0.424. The van der Waals surface area contributed by atoms with E-state index < -0.39 is 18.1 Å². The molecule has 9 heteroatoms. The fourth-order valence-electron chi connectivity index (χ4n) is 5.35. The molecule has 3 amide bonds. The Balaban J connectivity index is 2.00. The number of hydrogen-bond donors (Lipinski definition) is 1. The Kier molecular flexibility index (Phi) is 9.40. The van der Waals surface area contributed by atoms with Gasteiger partial charge in [0, 0.05) is 23.8 Å². The number of aliphatic imine (C=N–C) groups is 1. The molecule has 8 nitrogen and oxygen atoms in total. The Bertz CT molecular complexity index is 1400. The maximum Gasteiger partial charge on any atom is 0.251 e. The van der Waals surface area contributed by atoms with E-state index in [1.54, 1.807) is 20.0 Å². The second-order valence-corrected chi connectivity index (χ2v) is 13.8. The van der Waals surface area contributed by atoms with Gasteiger partial charge in [0.2, 0.25) is 17.6 Å². The summed E-state index contributed by atoms with van der Waals surface area (Å²) in [7, 11) is 0. The van der Waals surface area contributed by atoms with Crippen LogP contribution in [0.15, 0.2) is 71.9 Å². The number of Topliss-reactive ketones (excluding diaryl/α,β-unsaturated/α-hetero) is 1. The first-order valence-electron chi connectivity index (χ1n) is 14.3. The normalized spacial score (nSPS) is 19.8. The summed E-state index contributed by atoms with van der Waals surface area (Å²) in [5.41, 5.74) is 1.76. The van der Waals surface area contributed by atoms with E-state index in [0.717, 1.165) is 0 Å². The van der Waals surface area contributed by atoms with Crippen molar-refractivity contribution in [3.63, 3.8) is 0 Å². The van der Waals surface area contributed by atoms with Crippen molar-refractivity contribution in [3.05, 3.63) is 78.0 Å². The molecule has 2 aromatic rings. The minimum Gasteiger partial charge on any atom is -0.347 e. The van der Waals surface area contributed by atoms with Crippen LogP contribution in [0.1, 0.15) is 65.6 Å². The Labute approximate surface area is 252 Å². The van der Waals surface area contributed by atoms with Gasteiger partial charge in [0.15, 0.2) is 0 Å². The maximum absolute atomic E-state index is 14.8. The minimum atomic E-state index is -1.16. The first-order valence-corrected chi connectivity index (χ1v) is 15.2. The molecule has 0 spiro atoms. The third-order valence-corrected chi connectivity index (χ3v) is 8.53. The van der Waals surface area contributed by atoms with Crippen molar-refractivity contribution in [2.24, 2.45) is 16.8 Å². The zero-order valence-corrected chi connectivity index (χ0v) is 26.1. The van der Waals surface area contributed by atoms with Crippen molar-refractivity contribution >= 4 is 46.0 Å². The van der Waals surface area contributed by atoms with Gasteiger partial charge in [-0.1, -0.05) is 100 Å². The Morgan fingerprint density at radius 2 is 1.57 bits per heavy atom. The topological polar surface area (TPSA) is 99.2 Å². The van der Waals surface area contributed by atoms with Crippen molar-refractivity contribution in [3.8, 4) is 0 Å². The number of thioether (sulfide) groups is 1. The number of carbonyl (C=O) groups is 4. The molecule has 0 radical (unpaired) electrons. The first-order chi connectivity index (χ1) is 19.8. The maximum atomic E-state index is 14.8. The van der Waals surface area contributed by atoms with Crippen molar-refractivity contribution in [1.82, 2.24) is 15.1 Å². The van der Waals surface area contributed by atoms with Crippen LogP contribution in [-0.4, -0.2) is 61.7 Å². The van der Waals surface area contributed by atoms with E-state index in [0.29, 0.717) is 28.4 Å². The monoisotopic (exact) mass is 588 g/mol. The number of nitrogens with zero attached hydrogens (tertiary/aromatic N) is 3. The molecule has 2 aromatic carbocycles. The van der Waals surface area contributed by atoms with Crippen LogP contribution in [0, 0.1) is 11.8 Å². The van der Waals surface area contributed by atoms with Gasteiger partial charge in [-0.2, -0.15) is 0 Å². The van der Waals surface area contributed by atoms with Crippen LogP contribution in [0.5, 0.6) is 0 Å². The van der Waals surface area contributed by atoms with E-state index >= 15 is 0 Å². The lowest BCUT2D eigenvalue weighted by atomic mass is 9.89. The third-order valence-electron chi connectivity index (χ3n) is 7.33. The molecule has 1 N–H and O–H groups in total. The number of carbonyl (C=O) groups excluding carboxylic acids is 4. The lowest BCUT2D eigenvalue weighted by molar-refractivity contribution is -0.149. The summed E-state index contributed by atoms with van der Waals surface area (Å²) in [5, 5.41) is 3.30. The molecule has 3 atom stereocenters. The molecule has 0 saturated carbocycles. The number of benzene rings is 2. The molecule has 4 rings (SSSR count). The Morgan fingerprint density at radius 3 is 2.07 bits per heavy atom. The quantitative estimate of drug-likeness (QED) is 0.441. The Morgan fingerprint density at radius 1 is 0.976 bits per heavy atom. The zero-order chi connectivity index (χ0) is 30.8. The van der Waals surface area contributed by atoms with E-state index in [-0.39, 0.29) is 40.1 Å². The molecule has 1 unspecified atom stereocenters. The van der Waals surface area contributed by atoms with Crippen molar-refractivity contribution in [2.75, 3.05) is 6.54 Å². The molecule has 42 heavy (non-hydrogen) atoms. The summed E-state index contributed by atoms with van der Waals surface area (Å²) in [6.07, 6.45) is 1.70. The van der Waals surface area contributed by atoms with E-state index in [9.17, 15) is 19.2 Å². The van der Waals surface area contributed by atoms with Crippen LogP contribution in [0.4, 0.5) is 0 Å². The highest BCUT2D eigenvalue weighted by Crippen LogP contribution is 2.39. The number of ketones is 1. The van der Waals surface area contributed by atoms with Crippen LogP contribution in [0.25, 0.3) is 5.70 Å². The van der Waals surface area contributed by atoms with Crippen molar-refractivity contribution < 1.29 is 19.2 Å². The van der Waals surface area contributed by atoms with Crippen molar-refractivity contribution in [2.45, 2.75) is 71.3 Å². The second kappa shape index (κ2) is 12.7. The van der Waals surface area contributed by atoms with Crippen LogP contribution in [0.2, 0.25) is 0 Å². The fourth-order valence-corrected chi connectivity index (χ4v) is 6.36. The molecular formula is C33H40N4O4S. The number of amides is 3. The third kappa shape index (κ3) is 6.51. The van der Waals surface area contributed by atoms with Crippen LogP contribution in [0.3, 0.4) is 0 Å². The molecule has 0 bridgehead atoms. The highest BCUT2D eigenvalue weighted by Gasteiger charge is 2.49.